The first-order valence-electron chi connectivity index (χ1n) is 9.54. The van der Waals surface area contributed by atoms with Gasteiger partial charge in [-0.25, -0.2) is 13.2 Å². The molecule has 0 bridgehead atoms. The van der Waals surface area contributed by atoms with Crippen LogP contribution in [0.4, 0.5) is 17.1 Å². The number of nitro groups is 1. The smallest absolute Gasteiger partial charge is 0.338 e. The van der Waals surface area contributed by atoms with Crippen molar-refractivity contribution in [3.63, 3.8) is 0 Å². The Labute approximate surface area is 189 Å². The lowest BCUT2D eigenvalue weighted by atomic mass is 10.2. The highest BCUT2D eigenvalue weighted by Crippen LogP contribution is 2.22. The predicted molar refractivity (Wildman–Crippen MR) is 120 cm³/mol. The molecule has 0 fully saturated rings. The molecule has 170 valence electrons. The van der Waals surface area contributed by atoms with E-state index in [1.165, 1.54) is 55.6 Å². The van der Waals surface area contributed by atoms with Gasteiger partial charge in [0.1, 0.15) is 0 Å². The second-order valence-corrected chi connectivity index (χ2v) is 8.73. The maximum absolute atomic E-state index is 12.8. The molecule has 33 heavy (non-hydrogen) atoms. The van der Waals surface area contributed by atoms with Crippen LogP contribution in [0.5, 0.6) is 0 Å². The van der Waals surface area contributed by atoms with E-state index in [4.69, 9.17) is 4.74 Å². The molecular formula is C22H19N3O7S. The van der Waals surface area contributed by atoms with E-state index in [1.54, 1.807) is 30.3 Å². The Bertz CT molecular complexity index is 1260. The van der Waals surface area contributed by atoms with Crippen molar-refractivity contribution in [2.75, 3.05) is 23.3 Å². The summed E-state index contributed by atoms with van der Waals surface area (Å²) in [6.45, 7) is -0.591. The number of carbonyl (C=O) groups excluding carboxylic acids is 2. The van der Waals surface area contributed by atoms with Gasteiger partial charge in [0.25, 0.3) is 21.6 Å². The van der Waals surface area contributed by atoms with E-state index < -0.39 is 33.4 Å². The minimum absolute atomic E-state index is 0.0127. The number of hydrogen-bond donors (Lipinski definition) is 1. The number of carbonyl (C=O) groups is 2. The normalized spacial score (nSPS) is 10.8. The molecule has 11 heteroatoms. The molecule has 0 heterocycles. The quantitative estimate of drug-likeness (QED) is 0.304. The van der Waals surface area contributed by atoms with Crippen LogP contribution in [0.2, 0.25) is 0 Å². The summed E-state index contributed by atoms with van der Waals surface area (Å²) >= 11 is 0. The van der Waals surface area contributed by atoms with Gasteiger partial charge < -0.3 is 10.1 Å². The van der Waals surface area contributed by atoms with Crippen molar-refractivity contribution < 1.29 is 27.7 Å². The van der Waals surface area contributed by atoms with E-state index in [2.05, 4.69) is 5.32 Å². The average molecular weight is 469 g/mol. The number of nitrogens with one attached hydrogen (secondary N) is 1. The van der Waals surface area contributed by atoms with Crippen LogP contribution in [-0.2, 0) is 19.6 Å². The molecule has 0 aromatic heterocycles. The maximum atomic E-state index is 12.8. The molecule has 1 amide bonds. The van der Waals surface area contributed by atoms with Crippen LogP contribution in [0.25, 0.3) is 0 Å². The fourth-order valence-corrected chi connectivity index (χ4v) is 3.97. The van der Waals surface area contributed by atoms with E-state index in [-0.39, 0.29) is 16.1 Å². The first-order valence-corrected chi connectivity index (χ1v) is 11.0. The number of esters is 1. The first kappa shape index (κ1) is 23.4. The first-order chi connectivity index (χ1) is 15.7. The van der Waals surface area contributed by atoms with Gasteiger partial charge in [-0.05, 0) is 48.5 Å². The lowest BCUT2D eigenvalue weighted by Crippen LogP contribution is -2.26. The number of para-hydroxylation sites is 1. The van der Waals surface area contributed by atoms with Crippen LogP contribution >= 0.6 is 0 Å². The van der Waals surface area contributed by atoms with Crippen LogP contribution in [0.3, 0.4) is 0 Å². The van der Waals surface area contributed by atoms with Crippen LogP contribution in [0, 0.1) is 10.1 Å². The van der Waals surface area contributed by atoms with Crippen LogP contribution < -0.4 is 9.62 Å². The number of sulfonamides is 1. The SMILES string of the molecule is CN(c1ccccc1)S(=O)(=O)c1ccc(C(=O)OCC(=O)Nc2ccc([N+](=O)[O-])cc2)cc1. The van der Waals surface area contributed by atoms with Gasteiger partial charge in [-0.2, -0.15) is 0 Å². The Balaban J connectivity index is 1.58. The van der Waals surface area contributed by atoms with E-state index in [0.717, 1.165) is 4.31 Å². The Morgan fingerprint density at radius 1 is 0.970 bits per heavy atom. The molecule has 10 nitrogen and oxygen atoms in total. The summed E-state index contributed by atoms with van der Waals surface area (Å²) in [4.78, 5) is 34.2. The Kier molecular flexibility index (Phi) is 7.04. The lowest BCUT2D eigenvalue weighted by molar-refractivity contribution is -0.384. The highest BCUT2D eigenvalue weighted by atomic mass is 32.2. The maximum Gasteiger partial charge on any atom is 0.338 e. The average Bonchev–Trinajstić information content (AvgIpc) is 2.83. The van der Waals surface area contributed by atoms with E-state index in [9.17, 15) is 28.1 Å². The third kappa shape index (κ3) is 5.71. The van der Waals surface area contributed by atoms with Gasteiger partial charge in [-0.15, -0.1) is 0 Å². The zero-order chi connectivity index (χ0) is 24.0. The van der Waals surface area contributed by atoms with Crippen LogP contribution in [-0.4, -0.2) is 38.9 Å². The fourth-order valence-electron chi connectivity index (χ4n) is 2.78. The summed E-state index contributed by atoms with van der Waals surface area (Å²) < 4.78 is 31.6. The second-order valence-electron chi connectivity index (χ2n) is 6.76. The molecule has 1 N–H and O–H groups in total. The molecule has 3 rings (SSSR count). The summed E-state index contributed by atoms with van der Waals surface area (Å²) in [5.74, 6) is -1.45. The topological polar surface area (TPSA) is 136 Å². The molecule has 0 aliphatic carbocycles. The Morgan fingerprint density at radius 3 is 2.15 bits per heavy atom. The standard InChI is InChI=1S/C22H19N3O7S/c1-24(18-5-3-2-4-6-18)33(30,31)20-13-7-16(8-14-20)22(27)32-15-21(26)23-17-9-11-19(12-10-17)25(28)29/h2-14H,15H2,1H3,(H,23,26). The molecule has 3 aromatic carbocycles. The number of amides is 1. The van der Waals surface area contributed by atoms with Gasteiger partial charge in [-0.1, -0.05) is 18.2 Å². The number of rotatable bonds is 8. The molecule has 0 unspecified atom stereocenters. The molecule has 0 aliphatic heterocycles. The van der Waals surface area contributed by atoms with E-state index >= 15 is 0 Å². The molecule has 3 aromatic rings. The van der Waals surface area contributed by atoms with Gasteiger partial charge in [0.05, 0.1) is 21.1 Å². The van der Waals surface area contributed by atoms with Crippen molar-refractivity contribution in [3.05, 3.63) is 94.5 Å². The monoisotopic (exact) mass is 469 g/mol. The zero-order valence-corrected chi connectivity index (χ0v) is 18.2. The minimum Gasteiger partial charge on any atom is -0.452 e. The van der Waals surface area contributed by atoms with Crippen molar-refractivity contribution in [1.29, 1.82) is 0 Å². The molecule has 0 saturated heterocycles. The third-order valence-corrected chi connectivity index (χ3v) is 6.36. The summed E-state index contributed by atoms with van der Waals surface area (Å²) in [6, 6.07) is 18.8. The van der Waals surface area contributed by atoms with Gasteiger partial charge in [0.15, 0.2) is 6.61 Å². The number of non-ortho nitro benzene ring substituents is 1. The number of anilines is 2. The van der Waals surface area contributed by atoms with Crippen LogP contribution in [0.15, 0.2) is 83.8 Å². The van der Waals surface area contributed by atoms with Crippen LogP contribution in [0.1, 0.15) is 10.4 Å². The molecule has 0 radical (unpaired) electrons. The predicted octanol–water partition coefficient (Wildman–Crippen LogP) is 3.22. The summed E-state index contributed by atoms with van der Waals surface area (Å²) in [6.07, 6.45) is 0. The lowest BCUT2D eigenvalue weighted by Gasteiger charge is -2.19. The highest BCUT2D eigenvalue weighted by molar-refractivity contribution is 7.92. The van der Waals surface area contributed by atoms with Crippen molar-refractivity contribution in [3.8, 4) is 0 Å². The molecule has 0 spiro atoms. The highest BCUT2D eigenvalue weighted by Gasteiger charge is 2.22. The summed E-state index contributed by atoms with van der Waals surface area (Å²) in [5, 5.41) is 13.1. The number of hydrogen-bond acceptors (Lipinski definition) is 7. The molecular weight excluding hydrogens is 450 g/mol. The molecule has 0 aliphatic rings. The van der Waals surface area contributed by atoms with Gasteiger partial charge in [0.2, 0.25) is 0 Å². The molecule has 0 atom stereocenters. The number of nitro benzene ring substituents is 1. The van der Waals surface area contributed by atoms with E-state index in [0.29, 0.717) is 11.4 Å². The summed E-state index contributed by atoms with van der Waals surface area (Å²) in [5.41, 5.74) is 0.734. The van der Waals surface area contributed by atoms with Crippen molar-refractivity contribution in [2.45, 2.75) is 4.90 Å². The van der Waals surface area contributed by atoms with Gasteiger partial charge in [0, 0.05) is 24.9 Å². The largest absolute Gasteiger partial charge is 0.452 e. The Morgan fingerprint density at radius 2 is 1.58 bits per heavy atom. The van der Waals surface area contributed by atoms with Gasteiger partial charge >= 0.3 is 5.97 Å². The summed E-state index contributed by atoms with van der Waals surface area (Å²) in [7, 11) is -2.40. The van der Waals surface area contributed by atoms with Gasteiger partial charge in [-0.3, -0.25) is 19.2 Å². The number of benzene rings is 3. The van der Waals surface area contributed by atoms with Crippen molar-refractivity contribution in [2.24, 2.45) is 0 Å². The number of ether oxygens (including phenoxy) is 1. The van der Waals surface area contributed by atoms with Crippen molar-refractivity contribution in [1.82, 2.24) is 0 Å². The Hall–Kier alpha value is -4.25. The van der Waals surface area contributed by atoms with E-state index in [1.807, 2.05) is 0 Å². The fraction of sp³-hybridized carbons (Fsp3) is 0.0909. The third-order valence-electron chi connectivity index (χ3n) is 4.56. The zero-order valence-electron chi connectivity index (χ0n) is 17.4. The molecule has 0 saturated carbocycles. The minimum atomic E-state index is -3.83. The second kappa shape index (κ2) is 9.92. The van der Waals surface area contributed by atoms with Crippen molar-refractivity contribution >= 4 is 39.0 Å². The number of nitrogens with zero attached hydrogens (tertiary/aromatic N) is 2.